The molecule has 3 rings (SSSR count). The van der Waals surface area contributed by atoms with Gasteiger partial charge in [0.1, 0.15) is 0 Å². The van der Waals surface area contributed by atoms with E-state index in [-0.39, 0.29) is 23.6 Å². The van der Waals surface area contributed by atoms with Gasteiger partial charge in [0.15, 0.2) is 0 Å². The second kappa shape index (κ2) is 7.00. The molecule has 2 N–H and O–H groups in total. The number of pyridine rings is 1. The minimum atomic E-state index is -0.233. The Kier molecular flexibility index (Phi) is 4.95. The molecule has 5 nitrogen and oxygen atoms in total. The van der Waals surface area contributed by atoms with E-state index in [1.54, 1.807) is 12.4 Å². The van der Waals surface area contributed by atoms with Crippen LogP contribution in [0.25, 0.3) is 0 Å². The molecule has 2 aromatic heterocycles. The number of amides is 1. The van der Waals surface area contributed by atoms with Gasteiger partial charge in [-0.3, -0.25) is 9.78 Å². The summed E-state index contributed by atoms with van der Waals surface area (Å²) in [7, 11) is 0. The fourth-order valence-corrected chi connectivity index (χ4v) is 3.27. The molecule has 0 radical (unpaired) electrons. The van der Waals surface area contributed by atoms with Crippen LogP contribution in [0.4, 0.5) is 0 Å². The van der Waals surface area contributed by atoms with Crippen molar-refractivity contribution in [3.63, 3.8) is 0 Å². The molecular formula is C20H27N3O2. The van der Waals surface area contributed by atoms with E-state index in [0.717, 1.165) is 24.8 Å². The normalized spacial score (nSPS) is 21.4. The van der Waals surface area contributed by atoms with E-state index in [1.807, 2.05) is 35.2 Å². The molecule has 1 fully saturated rings. The first-order valence-corrected chi connectivity index (χ1v) is 8.89. The molecule has 0 aliphatic heterocycles. The SMILES string of the molecule is CC(C)(C)n1ccc(C(=O)NC(Cc2ccncc2)C2CC(O)C2)c1. The molecule has 0 saturated heterocycles. The summed E-state index contributed by atoms with van der Waals surface area (Å²) in [6.45, 7) is 6.32. The first kappa shape index (κ1) is 17.7. The van der Waals surface area contributed by atoms with E-state index in [0.29, 0.717) is 11.5 Å². The number of aliphatic hydroxyl groups is 1. The van der Waals surface area contributed by atoms with Crippen molar-refractivity contribution >= 4 is 5.91 Å². The number of aliphatic hydroxyl groups excluding tert-OH is 1. The van der Waals surface area contributed by atoms with Crippen molar-refractivity contribution in [2.75, 3.05) is 0 Å². The number of rotatable bonds is 5. The predicted octanol–water partition coefficient (Wildman–Crippen LogP) is 2.75. The van der Waals surface area contributed by atoms with Gasteiger partial charge in [-0.25, -0.2) is 0 Å². The van der Waals surface area contributed by atoms with Crippen molar-refractivity contribution in [2.45, 2.75) is 57.7 Å². The predicted molar refractivity (Wildman–Crippen MR) is 97.4 cm³/mol. The van der Waals surface area contributed by atoms with Crippen molar-refractivity contribution in [2.24, 2.45) is 5.92 Å². The average Bonchev–Trinajstić information content (AvgIpc) is 3.02. The highest BCUT2D eigenvalue weighted by molar-refractivity contribution is 5.94. The maximum absolute atomic E-state index is 12.7. The van der Waals surface area contributed by atoms with Crippen LogP contribution in [0.5, 0.6) is 0 Å². The van der Waals surface area contributed by atoms with E-state index in [2.05, 4.69) is 31.1 Å². The van der Waals surface area contributed by atoms with Gasteiger partial charge in [0.05, 0.1) is 11.7 Å². The molecule has 1 atom stereocenters. The summed E-state index contributed by atoms with van der Waals surface area (Å²) >= 11 is 0. The van der Waals surface area contributed by atoms with E-state index in [4.69, 9.17) is 0 Å². The third kappa shape index (κ3) is 4.28. The number of nitrogens with zero attached hydrogens (tertiary/aromatic N) is 2. The lowest BCUT2D eigenvalue weighted by Gasteiger charge is -2.38. The van der Waals surface area contributed by atoms with Gasteiger partial charge in [0, 0.05) is 36.4 Å². The van der Waals surface area contributed by atoms with Gasteiger partial charge in [-0.2, -0.15) is 0 Å². The van der Waals surface area contributed by atoms with Crippen LogP contribution >= 0.6 is 0 Å². The third-order valence-corrected chi connectivity index (χ3v) is 4.97. The zero-order valence-electron chi connectivity index (χ0n) is 15.1. The number of carbonyl (C=O) groups excluding carboxylic acids is 1. The van der Waals surface area contributed by atoms with Crippen LogP contribution in [-0.4, -0.2) is 32.7 Å². The molecule has 0 aromatic carbocycles. The van der Waals surface area contributed by atoms with Crippen LogP contribution in [0.1, 0.15) is 49.5 Å². The first-order valence-electron chi connectivity index (χ1n) is 8.89. The zero-order chi connectivity index (χ0) is 18.0. The zero-order valence-corrected chi connectivity index (χ0v) is 15.1. The number of carbonyl (C=O) groups is 1. The molecule has 2 aromatic rings. The lowest BCUT2D eigenvalue weighted by atomic mass is 9.75. The monoisotopic (exact) mass is 341 g/mol. The van der Waals surface area contributed by atoms with Crippen LogP contribution in [0, 0.1) is 5.92 Å². The van der Waals surface area contributed by atoms with E-state index >= 15 is 0 Å². The number of hydrogen-bond donors (Lipinski definition) is 2. The Morgan fingerprint density at radius 2 is 2.00 bits per heavy atom. The smallest absolute Gasteiger partial charge is 0.253 e. The lowest BCUT2D eigenvalue weighted by molar-refractivity contribution is 0.0239. The lowest BCUT2D eigenvalue weighted by Crippen LogP contribution is -2.48. The molecule has 1 unspecified atom stereocenters. The van der Waals surface area contributed by atoms with Crippen LogP contribution in [0.3, 0.4) is 0 Å². The van der Waals surface area contributed by atoms with Gasteiger partial charge < -0.3 is 15.0 Å². The fraction of sp³-hybridized carbons (Fsp3) is 0.500. The van der Waals surface area contributed by atoms with Gasteiger partial charge in [0.2, 0.25) is 0 Å². The summed E-state index contributed by atoms with van der Waals surface area (Å²) < 4.78 is 2.05. The molecule has 1 amide bonds. The summed E-state index contributed by atoms with van der Waals surface area (Å²) in [5.41, 5.74) is 1.77. The summed E-state index contributed by atoms with van der Waals surface area (Å²) in [5.74, 6) is 0.264. The molecule has 1 aliphatic carbocycles. The molecule has 134 valence electrons. The van der Waals surface area contributed by atoms with Crippen molar-refractivity contribution < 1.29 is 9.90 Å². The Balaban J connectivity index is 1.71. The van der Waals surface area contributed by atoms with Gasteiger partial charge in [-0.15, -0.1) is 0 Å². The summed E-state index contributed by atoms with van der Waals surface area (Å²) in [5, 5.41) is 12.8. The second-order valence-electron chi connectivity index (χ2n) is 8.00. The van der Waals surface area contributed by atoms with Crippen molar-refractivity contribution in [3.8, 4) is 0 Å². The Labute approximate surface area is 149 Å². The van der Waals surface area contributed by atoms with Crippen molar-refractivity contribution in [1.82, 2.24) is 14.9 Å². The molecule has 0 bridgehead atoms. The molecule has 1 saturated carbocycles. The van der Waals surface area contributed by atoms with E-state index < -0.39 is 0 Å². The maximum atomic E-state index is 12.7. The highest BCUT2D eigenvalue weighted by atomic mass is 16.3. The first-order chi connectivity index (χ1) is 11.8. The maximum Gasteiger partial charge on any atom is 0.253 e. The Bertz CT molecular complexity index is 712. The minimum Gasteiger partial charge on any atom is -0.393 e. The Morgan fingerprint density at radius 3 is 2.56 bits per heavy atom. The second-order valence-corrected chi connectivity index (χ2v) is 8.00. The summed E-state index contributed by atoms with van der Waals surface area (Å²) in [6.07, 6.45) is 9.40. The summed E-state index contributed by atoms with van der Waals surface area (Å²) in [4.78, 5) is 16.8. The van der Waals surface area contributed by atoms with Gasteiger partial charge in [-0.05, 0) is 69.7 Å². The third-order valence-electron chi connectivity index (χ3n) is 4.97. The van der Waals surface area contributed by atoms with E-state index in [9.17, 15) is 9.90 Å². The van der Waals surface area contributed by atoms with Crippen molar-refractivity contribution in [3.05, 3.63) is 54.1 Å². The molecule has 2 heterocycles. The number of nitrogens with one attached hydrogen (secondary N) is 1. The largest absolute Gasteiger partial charge is 0.393 e. The van der Waals surface area contributed by atoms with Crippen molar-refractivity contribution in [1.29, 1.82) is 0 Å². The van der Waals surface area contributed by atoms with E-state index in [1.165, 1.54) is 0 Å². The van der Waals surface area contributed by atoms with Gasteiger partial charge in [0.25, 0.3) is 5.91 Å². The van der Waals surface area contributed by atoms with Crippen LogP contribution < -0.4 is 5.32 Å². The topological polar surface area (TPSA) is 67.2 Å². The number of hydrogen-bond acceptors (Lipinski definition) is 3. The Morgan fingerprint density at radius 1 is 1.32 bits per heavy atom. The number of aromatic nitrogens is 2. The van der Waals surface area contributed by atoms with Gasteiger partial charge in [-0.1, -0.05) is 0 Å². The van der Waals surface area contributed by atoms with Crippen LogP contribution in [0.15, 0.2) is 43.0 Å². The molecular weight excluding hydrogens is 314 g/mol. The fourth-order valence-electron chi connectivity index (χ4n) is 3.27. The quantitative estimate of drug-likeness (QED) is 0.879. The minimum absolute atomic E-state index is 0.0243. The molecule has 25 heavy (non-hydrogen) atoms. The highest BCUT2D eigenvalue weighted by Crippen LogP contribution is 2.32. The average molecular weight is 341 g/mol. The summed E-state index contributed by atoms with van der Waals surface area (Å²) in [6, 6.07) is 5.84. The highest BCUT2D eigenvalue weighted by Gasteiger charge is 2.35. The molecule has 0 spiro atoms. The van der Waals surface area contributed by atoms with Crippen LogP contribution in [-0.2, 0) is 12.0 Å². The Hall–Kier alpha value is -2.14. The van der Waals surface area contributed by atoms with Crippen LogP contribution in [0.2, 0.25) is 0 Å². The molecule has 5 heteroatoms. The van der Waals surface area contributed by atoms with Gasteiger partial charge >= 0.3 is 0 Å². The molecule has 1 aliphatic rings. The standard InChI is InChI=1S/C20H27N3O2/c1-20(2,3)23-9-6-15(13-23)19(25)22-18(16-11-17(24)12-16)10-14-4-7-21-8-5-14/h4-9,13,16-18,24H,10-12H2,1-3H3,(H,22,25).